The molecule has 2 aromatic carbocycles. The molecule has 1 aliphatic heterocycles. The Balaban J connectivity index is 1.14. The van der Waals surface area contributed by atoms with E-state index in [1.54, 1.807) is 6.07 Å². The van der Waals surface area contributed by atoms with Crippen LogP contribution in [0.2, 0.25) is 5.02 Å². The molecule has 31 heavy (non-hydrogen) atoms. The van der Waals surface area contributed by atoms with Gasteiger partial charge in [-0.25, -0.2) is 4.79 Å². The number of nitrogens with zero attached hydrogens (tertiary/aromatic N) is 2. The van der Waals surface area contributed by atoms with Crippen LogP contribution < -0.4 is 10.5 Å². The van der Waals surface area contributed by atoms with Gasteiger partial charge in [-0.1, -0.05) is 29.8 Å². The fourth-order valence-corrected chi connectivity index (χ4v) is 4.76. The maximum Gasteiger partial charge on any atom is 0.338 e. The van der Waals surface area contributed by atoms with Gasteiger partial charge in [0.15, 0.2) is 0 Å². The van der Waals surface area contributed by atoms with Crippen LogP contribution in [0.25, 0.3) is 21.9 Å². The Morgan fingerprint density at radius 3 is 2.68 bits per heavy atom. The average molecular weight is 436 g/mol. The minimum Gasteiger partial charge on any atom is -0.423 e. The Bertz CT molecular complexity index is 1250. The zero-order valence-electron chi connectivity index (χ0n) is 17.4. The summed E-state index contributed by atoms with van der Waals surface area (Å²) >= 11 is 6.08. The van der Waals surface area contributed by atoms with Gasteiger partial charge in [-0.2, -0.15) is 0 Å². The number of fused-ring (bicyclic) bond motifs is 2. The molecule has 5 rings (SSSR count). The van der Waals surface area contributed by atoms with Crippen LogP contribution in [0.3, 0.4) is 0 Å². The topological polar surface area (TPSA) is 52.5 Å². The molecule has 0 radical (unpaired) electrons. The normalized spacial score (nSPS) is 15.2. The predicted molar refractivity (Wildman–Crippen MR) is 127 cm³/mol. The fourth-order valence-electron chi connectivity index (χ4n) is 4.58. The molecule has 3 heterocycles. The van der Waals surface area contributed by atoms with E-state index in [0.29, 0.717) is 5.58 Å². The highest BCUT2D eigenvalue weighted by Gasteiger charge is 2.19. The van der Waals surface area contributed by atoms with Crippen LogP contribution in [-0.2, 0) is 6.42 Å². The molecule has 0 aliphatic carbocycles. The molecule has 6 heteroatoms. The number of hydrogen-bond donors (Lipinski definition) is 1. The number of anilines is 1. The SMILES string of the molecule is O=c1cc(N2CCN(CCCCc3c[nH]c4cc(Cl)ccc34)CC2)c2ccccc2o1. The first-order valence-electron chi connectivity index (χ1n) is 10.9. The summed E-state index contributed by atoms with van der Waals surface area (Å²) in [7, 11) is 0. The summed E-state index contributed by atoms with van der Waals surface area (Å²) in [5, 5.41) is 3.05. The van der Waals surface area contributed by atoms with Crippen LogP contribution in [0.1, 0.15) is 18.4 Å². The zero-order chi connectivity index (χ0) is 21.2. The number of H-pyrrole nitrogens is 1. The highest BCUT2D eigenvalue weighted by Crippen LogP contribution is 2.26. The maximum atomic E-state index is 12.0. The number of benzene rings is 2. The number of halogens is 1. The fraction of sp³-hybridized carbons (Fsp3) is 0.320. The van der Waals surface area contributed by atoms with Gasteiger partial charge in [-0.3, -0.25) is 4.90 Å². The van der Waals surface area contributed by atoms with Gasteiger partial charge in [0.1, 0.15) is 5.58 Å². The van der Waals surface area contributed by atoms with E-state index in [0.717, 1.165) is 60.8 Å². The van der Waals surface area contributed by atoms with Crippen molar-refractivity contribution in [2.24, 2.45) is 0 Å². The monoisotopic (exact) mass is 435 g/mol. The Kier molecular flexibility index (Phi) is 5.70. The highest BCUT2D eigenvalue weighted by molar-refractivity contribution is 6.31. The number of aromatic nitrogens is 1. The first kappa shape index (κ1) is 20.2. The molecule has 2 aromatic heterocycles. The van der Waals surface area contributed by atoms with Crippen molar-refractivity contribution in [1.82, 2.24) is 9.88 Å². The number of unbranched alkanes of at least 4 members (excludes halogenated alkanes) is 1. The van der Waals surface area contributed by atoms with Crippen LogP contribution >= 0.6 is 11.6 Å². The lowest BCUT2D eigenvalue weighted by Crippen LogP contribution is -2.46. The van der Waals surface area contributed by atoms with Gasteiger partial charge < -0.3 is 14.3 Å². The van der Waals surface area contributed by atoms with Crippen LogP contribution in [0.4, 0.5) is 5.69 Å². The van der Waals surface area contributed by atoms with Gasteiger partial charge in [0.2, 0.25) is 0 Å². The van der Waals surface area contributed by atoms with E-state index in [1.165, 1.54) is 23.8 Å². The van der Waals surface area contributed by atoms with Crippen LogP contribution in [0.15, 0.2) is 63.9 Å². The molecule has 0 spiro atoms. The highest BCUT2D eigenvalue weighted by atomic mass is 35.5. The van der Waals surface area contributed by atoms with Gasteiger partial charge >= 0.3 is 5.63 Å². The zero-order valence-corrected chi connectivity index (χ0v) is 18.2. The second-order valence-electron chi connectivity index (χ2n) is 8.24. The Morgan fingerprint density at radius 1 is 0.968 bits per heavy atom. The minimum atomic E-state index is -0.282. The van der Waals surface area contributed by atoms with Crippen LogP contribution in [0, 0.1) is 0 Å². The average Bonchev–Trinajstić information content (AvgIpc) is 3.18. The summed E-state index contributed by atoms with van der Waals surface area (Å²) in [5.41, 5.74) is 3.85. The second kappa shape index (κ2) is 8.77. The first-order chi connectivity index (χ1) is 15.2. The lowest BCUT2D eigenvalue weighted by atomic mass is 10.1. The van der Waals surface area contributed by atoms with Gasteiger partial charge in [-0.05, 0) is 55.6 Å². The van der Waals surface area contributed by atoms with E-state index in [4.69, 9.17) is 16.0 Å². The number of hydrogen-bond acceptors (Lipinski definition) is 4. The van der Waals surface area contributed by atoms with Crippen molar-refractivity contribution in [1.29, 1.82) is 0 Å². The summed E-state index contributed by atoms with van der Waals surface area (Å²) in [6, 6.07) is 15.5. The second-order valence-corrected chi connectivity index (χ2v) is 8.67. The molecule has 0 atom stereocenters. The van der Waals surface area contributed by atoms with Crippen molar-refractivity contribution in [2.75, 3.05) is 37.6 Å². The van der Waals surface area contributed by atoms with E-state index in [9.17, 15) is 4.79 Å². The molecule has 1 fully saturated rings. The predicted octanol–water partition coefficient (Wildman–Crippen LogP) is 5.07. The number of rotatable bonds is 6. The quantitative estimate of drug-likeness (QED) is 0.339. The maximum absolute atomic E-state index is 12.0. The van der Waals surface area contributed by atoms with Gasteiger partial charge in [0.05, 0.1) is 5.69 Å². The van der Waals surface area contributed by atoms with E-state index in [2.05, 4.69) is 27.0 Å². The van der Waals surface area contributed by atoms with Gasteiger partial charge in [-0.15, -0.1) is 0 Å². The number of aromatic amines is 1. The molecule has 1 N–H and O–H groups in total. The summed E-state index contributed by atoms with van der Waals surface area (Å²) in [5.74, 6) is 0. The number of aryl methyl sites for hydroxylation is 1. The minimum absolute atomic E-state index is 0.282. The molecule has 0 bridgehead atoms. The summed E-state index contributed by atoms with van der Waals surface area (Å²) in [6.45, 7) is 4.99. The Hall–Kier alpha value is -2.76. The number of para-hydroxylation sites is 1. The van der Waals surface area contributed by atoms with Crippen LogP contribution in [-0.4, -0.2) is 42.6 Å². The van der Waals surface area contributed by atoms with Crippen molar-refractivity contribution in [3.63, 3.8) is 0 Å². The third-order valence-corrected chi connectivity index (χ3v) is 6.48. The Labute approximate surface area is 186 Å². The molecule has 1 aliphatic rings. The van der Waals surface area contributed by atoms with Crippen molar-refractivity contribution in [3.8, 4) is 0 Å². The number of nitrogens with one attached hydrogen (secondary N) is 1. The summed E-state index contributed by atoms with van der Waals surface area (Å²) in [6.07, 6.45) is 5.53. The molecule has 0 amide bonds. The third-order valence-electron chi connectivity index (χ3n) is 6.24. The summed E-state index contributed by atoms with van der Waals surface area (Å²) in [4.78, 5) is 20.1. The molecule has 5 nitrogen and oxygen atoms in total. The van der Waals surface area contributed by atoms with E-state index in [1.807, 2.05) is 36.4 Å². The smallest absolute Gasteiger partial charge is 0.338 e. The van der Waals surface area contributed by atoms with E-state index in [-0.39, 0.29) is 5.63 Å². The molecular formula is C25H26ClN3O2. The lowest BCUT2D eigenvalue weighted by molar-refractivity contribution is 0.253. The van der Waals surface area contributed by atoms with Crippen LogP contribution in [0.5, 0.6) is 0 Å². The number of piperazine rings is 1. The standard InChI is InChI=1S/C25H26ClN3O2/c26-19-8-9-20-18(17-27-22(20)15-19)5-3-4-10-28-11-13-29(14-12-28)23-16-25(30)31-24-7-2-1-6-21(23)24/h1-2,6-9,15-17,27H,3-5,10-14H2. The molecular weight excluding hydrogens is 410 g/mol. The van der Waals surface area contributed by atoms with Crippen molar-refractivity contribution < 1.29 is 4.42 Å². The molecule has 4 aromatic rings. The van der Waals surface area contributed by atoms with Gasteiger partial charge in [0, 0.05) is 59.8 Å². The van der Waals surface area contributed by atoms with Crippen molar-refractivity contribution >= 4 is 39.2 Å². The molecule has 0 unspecified atom stereocenters. The largest absolute Gasteiger partial charge is 0.423 e. The molecule has 0 saturated carbocycles. The van der Waals surface area contributed by atoms with Gasteiger partial charge in [0.25, 0.3) is 0 Å². The van der Waals surface area contributed by atoms with E-state index >= 15 is 0 Å². The first-order valence-corrected chi connectivity index (χ1v) is 11.3. The lowest BCUT2D eigenvalue weighted by Gasteiger charge is -2.36. The Morgan fingerprint density at radius 2 is 1.81 bits per heavy atom. The molecule has 160 valence electrons. The van der Waals surface area contributed by atoms with Crippen molar-refractivity contribution in [2.45, 2.75) is 19.3 Å². The van der Waals surface area contributed by atoms with E-state index < -0.39 is 0 Å². The summed E-state index contributed by atoms with van der Waals surface area (Å²) < 4.78 is 5.34. The van der Waals surface area contributed by atoms with Crippen molar-refractivity contribution in [3.05, 3.63) is 75.7 Å². The third kappa shape index (κ3) is 4.34. The molecule has 1 saturated heterocycles.